The van der Waals surface area contributed by atoms with Gasteiger partial charge in [-0.3, -0.25) is 4.79 Å². The van der Waals surface area contributed by atoms with Crippen molar-refractivity contribution in [3.05, 3.63) is 23.8 Å². The minimum atomic E-state index is -0.583. The highest BCUT2D eigenvalue weighted by Gasteiger charge is 2.19. The number of anilines is 2. The summed E-state index contributed by atoms with van der Waals surface area (Å²) in [5, 5.41) is 5.00. The van der Waals surface area contributed by atoms with Crippen LogP contribution < -0.4 is 21.4 Å². The number of amides is 1. The Labute approximate surface area is 129 Å². The molecule has 3 rings (SSSR count). The zero-order chi connectivity index (χ0) is 15.5. The Morgan fingerprint density at radius 1 is 1.36 bits per heavy atom. The molecule has 118 valence electrons. The van der Waals surface area contributed by atoms with Gasteiger partial charge in [0.15, 0.2) is 11.5 Å². The van der Waals surface area contributed by atoms with Gasteiger partial charge in [0, 0.05) is 32.0 Å². The number of hydrazine groups is 1. The topological polar surface area (TPSA) is 99.4 Å². The molecule has 0 radical (unpaired) electrons. The quantitative estimate of drug-likeness (QED) is 0.734. The van der Waals surface area contributed by atoms with E-state index in [1.807, 2.05) is 18.3 Å². The van der Waals surface area contributed by atoms with Gasteiger partial charge >= 0.3 is 0 Å². The summed E-state index contributed by atoms with van der Waals surface area (Å²) >= 11 is 0. The van der Waals surface area contributed by atoms with Crippen LogP contribution in [0.4, 0.5) is 11.6 Å². The number of nitrogens with zero attached hydrogens (tertiary/aromatic N) is 4. The third-order valence-electron chi connectivity index (χ3n) is 3.82. The van der Waals surface area contributed by atoms with Crippen molar-refractivity contribution in [1.82, 2.24) is 20.4 Å². The van der Waals surface area contributed by atoms with Gasteiger partial charge in [-0.05, 0) is 19.3 Å². The van der Waals surface area contributed by atoms with E-state index < -0.39 is 5.91 Å². The molecule has 8 heteroatoms. The SMILES string of the molecule is CN1C=C(Nc2nc(N3CCCCC3)cnc2C(N)=O)CN1. The second-order valence-electron chi connectivity index (χ2n) is 5.56. The fourth-order valence-electron chi connectivity index (χ4n) is 2.69. The smallest absolute Gasteiger partial charge is 0.271 e. The number of aromatic nitrogens is 2. The molecule has 1 aromatic heterocycles. The molecule has 0 aliphatic carbocycles. The van der Waals surface area contributed by atoms with Crippen molar-refractivity contribution in [3.8, 4) is 0 Å². The molecule has 0 unspecified atom stereocenters. The van der Waals surface area contributed by atoms with Crippen LogP contribution in [-0.4, -0.2) is 47.6 Å². The minimum Gasteiger partial charge on any atom is -0.364 e. The average molecular weight is 303 g/mol. The minimum absolute atomic E-state index is 0.163. The second-order valence-corrected chi connectivity index (χ2v) is 5.56. The van der Waals surface area contributed by atoms with E-state index in [2.05, 4.69) is 25.6 Å². The molecule has 0 bridgehead atoms. The van der Waals surface area contributed by atoms with Gasteiger partial charge in [0.25, 0.3) is 5.91 Å². The molecule has 1 saturated heterocycles. The van der Waals surface area contributed by atoms with E-state index in [-0.39, 0.29) is 5.69 Å². The van der Waals surface area contributed by atoms with E-state index in [1.165, 1.54) is 6.42 Å². The first-order chi connectivity index (χ1) is 10.6. The number of hydrogen-bond acceptors (Lipinski definition) is 7. The van der Waals surface area contributed by atoms with Crippen LogP contribution in [0.15, 0.2) is 18.1 Å². The number of carbonyl (C=O) groups excluding carboxylic acids is 1. The first-order valence-corrected chi connectivity index (χ1v) is 7.49. The first-order valence-electron chi connectivity index (χ1n) is 7.49. The molecule has 1 aromatic rings. The van der Waals surface area contributed by atoms with E-state index in [0.717, 1.165) is 37.4 Å². The maximum atomic E-state index is 11.6. The van der Waals surface area contributed by atoms with Crippen molar-refractivity contribution in [3.63, 3.8) is 0 Å². The van der Waals surface area contributed by atoms with Gasteiger partial charge in [0.05, 0.1) is 12.7 Å². The van der Waals surface area contributed by atoms with E-state index in [9.17, 15) is 4.79 Å². The summed E-state index contributed by atoms with van der Waals surface area (Å²) in [6.07, 6.45) is 7.09. The summed E-state index contributed by atoms with van der Waals surface area (Å²) in [4.78, 5) is 22.5. The van der Waals surface area contributed by atoms with Crippen LogP contribution in [0.3, 0.4) is 0 Å². The molecule has 22 heavy (non-hydrogen) atoms. The van der Waals surface area contributed by atoms with Gasteiger partial charge in [-0.2, -0.15) is 0 Å². The van der Waals surface area contributed by atoms with Crippen LogP contribution in [0.2, 0.25) is 0 Å². The van der Waals surface area contributed by atoms with E-state index >= 15 is 0 Å². The average Bonchev–Trinajstić information content (AvgIpc) is 2.93. The van der Waals surface area contributed by atoms with Gasteiger partial charge in [0.2, 0.25) is 0 Å². The van der Waals surface area contributed by atoms with E-state index in [4.69, 9.17) is 5.73 Å². The molecule has 2 aliphatic rings. The summed E-state index contributed by atoms with van der Waals surface area (Å²) < 4.78 is 0. The molecule has 0 aromatic carbocycles. The van der Waals surface area contributed by atoms with Gasteiger partial charge in [-0.1, -0.05) is 0 Å². The summed E-state index contributed by atoms with van der Waals surface area (Å²) in [7, 11) is 1.90. The molecule has 1 amide bonds. The lowest BCUT2D eigenvalue weighted by Gasteiger charge is -2.27. The lowest BCUT2D eigenvalue weighted by Crippen LogP contribution is -2.31. The highest BCUT2D eigenvalue weighted by molar-refractivity contribution is 5.96. The zero-order valence-electron chi connectivity index (χ0n) is 12.7. The van der Waals surface area contributed by atoms with Crippen molar-refractivity contribution in [2.45, 2.75) is 19.3 Å². The van der Waals surface area contributed by atoms with Gasteiger partial charge in [-0.25, -0.2) is 15.4 Å². The molecule has 0 saturated carbocycles. The number of nitrogens with one attached hydrogen (secondary N) is 2. The highest BCUT2D eigenvalue weighted by Crippen LogP contribution is 2.21. The largest absolute Gasteiger partial charge is 0.364 e. The van der Waals surface area contributed by atoms with Crippen molar-refractivity contribution in [1.29, 1.82) is 0 Å². The van der Waals surface area contributed by atoms with Crippen LogP contribution in [0.1, 0.15) is 29.8 Å². The number of primary amides is 1. The van der Waals surface area contributed by atoms with Crippen LogP contribution in [-0.2, 0) is 0 Å². The fraction of sp³-hybridized carbons (Fsp3) is 0.500. The Bertz CT molecular complexity index is 595. The van der Waals surface area contributed by atoms with E-state index in [1.54, 1.807) is 6.20 Å². The van der Waals surface area contributed by atoms with Crippen molar-refractivity contribution in [2.75, 3.05) is 36.9 Å². The molecule has 4 N–H and O–H groups in total. The van der Waals surface area contributed by atoms with Crippen LogP contribution in [0.5, 0.6) is 0 Å². The third kappa shape index (κ3) is 3.11. The molecule has 8 nitrogen and oxygen atoms in total. The number of piperidine rings is 1. The molecular weight excluding hydrogens is 282 g/mol. The number of hydrogen-bond donors (Lipinski definition) is 3. The zero-order valence-corrected chi connectivity index (χ0v) is 12.7. The molecule has 2 aliphatic heterocycles. The van der Waals surface area contributed by atoms with Crippen LogP contribution in [0.25, 0.3) is 0 Å². The van der Waals surface area contributed by atoms with Crippen molar-refractivity contribution < 1.29 is 4.79 Å². The first kappa shape index (κ1) is 14.6. The Kier molecular flexibility index (Phi) is 4.10. The van der Waals surface area contributed by atoms with Gasteiger partial charge < -0.3 is 21.0 Å². The van der Waals surface area contributed by atoms with Crippen molar-refractivity contribution >= 4 is 17.5 Å². The molecule has 0 spiro atoms. The molecule has 1 fully saturated rings. The maximum Gasteiger partial charge on any atom is 0.271 e. The number of rotatable bonds is 4. The predicted molar refractivity (Wildman–Crippen MR) is 84.1 cm³/mol. The Balaban J connectivity index is 1.87. The lowest BCUT2D eigenvalue weighted by atomic mass is 10.1. The highest BCUT2D eigenvalue weighted by atomic mass is 16.1. The standard InChI is InChI=1S/C14H21N7O/c1-20-9-10(7-17-20)18-14-12(13(15)22)16-8-11(19-14)21-5-3-2-4-6-21/h8-9,17H,2-7H2,1H3,(H2,15,22)(H,18,19). The monoisotopic (exact) mass is 303 g/mol. The summed E-state index contributed by atoms with van der Waals surface area (Å²) in [5.74, 6) is 0.617. The normalized spacial score (nSPS) is 18.3. The van der Waals surface area contributed by atoms with Gasteiger partial charge in [-0.15, -0.1) is 0 Å². The molecule has 3 heterocycles. The predicted octanol–water partition coefficient (Wildman–Crippen LogP) is 0.269. The summed E-state index contributed by atoms with van der Waals surface area (Å²) in [6, 6.07) is 0. The molecular formula is C14H21N7O. The molecule has 0 atom stereocenters. The third-order valence-corrected chi connectivity index (χ3v) is 3.82. The number of carbonyl (C=O) groups is 1. The van der Waals surface area contributed by atoms with Gasteiger partial charge in [0.1, 0.15) is 5.82 Å². The van der Waals surface area contributed by atoms with Crippen LogP contribution >= 0.6 is 0 Å². The Morgan fingerprint density at radius 3 is 2.77 bits per heavy atom. The Hall–Kier alpha value is -2.35. The summed E-state index contributed by atoms with van der Waals surface area (Å²) in [6.45, 7) is 2.58. The van der Waals surface area contributed by atoms with Crippen molar-refractivity contribution in [2.24, 2.45) is 5.73 Å². The second kappa shape index (κ2) is 6.18. The number of nitrogens with two attached hydrogens (primary N) is 1. The fourth-order valence-corrected chi connectivity index (χ4v) is 2.69. The lowest BCUT2D eigenvalue weighted by molar-refractivity contribution is 0.0996. The maximum absolute atomic E-state index is 11.6. The Morgan fingerprint density at radius 2 is 2.14 bits per heavy atom. The summed E-state index contributed by atoms with van der Waals surface area (Å²) in [5.41, 5.74) is 9.60. The van der Waals surface area contributed by atoms with Crippen LogP contribution in [0, 0.1) is 0 Å². The van der Waals surface area contributed by atoms with E-state index in [0.29, 0.717) is 12.4 Å².